The zero-order valence-electron chi connectivity index (χ0n) is 13.8. The molecule has 0 radical (unpaired) electrons. The van der Waals surface area contributed by atoms with Crippen molar-refractivity contribution in [2.45, 2.75) is 6.42 Å². The standard InChI is InChI=1S/C18H17BrN2O4/c1-24-13-6-9(5-12(19)16(13)25-2)8-20-21-17(22)14-10-3-4-11(7-10)15(14)18(21)23/h3-6,8,10-11,14-15H,7H2,1-2H3/b20-8-/t10-,11-,14-,15-/m0/s1. The molecule has 0 N–H and O–H groups in total. The topological polar surface area (TPSA) is 68.2 Å². The summed E-state index contributed by atoms with van der Waals surface area (Å²) in [5.74, 6) is 0.615. The van der Waals surface area contributed by atoms with Crippen molar-refractivity contribution in [3.8, 4) is 11.5 Å². The fourth-order valence-electron chi connectivity index (χ4n) is 4.14. The van der Waals surface area contributed by atoms with E-state index in [9.17, 15) is 9.59 Å². The van der Waals surface area contributed by atoms with E-state index in [1.54, 1.807) is 26.4 Å². The van der Waals surface area contributed by atoms with Gasteiger partial charge in [-0.2, -0.15) is 10.1 Å². The SMILES string of the molecule is COc1cc(/C=N\N2C(=O)[C@@H]3[C@@H](C2=O)[C@H]2C=C[C@H]3C2)cc(Br)c1OC. The highest BCUT2D eigenvalue weighted by molar-refractivity contribution is 9.10. The van der Waals surface area contributed by atoms with Crippen LogP contribution in [0.2, 0.25) is 0 Å². The van der Waals surface area contributed by atoms with Crippen molar-refractivity contribution in [1.82, 2.24) is 5.01 Å². The molecule has 7 heteroatoms. The molecule has 2 amide bonds. The maximum atomic E-state index is 12.6. The number of benzene rings is 1. The third-order valence-corrected chi connectivity index (χ3v) is 5.81. The van der Waals surface area contributed by atoms with Crippen LogP contribution in [0, 0.1) is 23.7 Å². The average molecular weight is 405 g/mol. The first-order valence-electron chi connectivity index (χ1n) is 8.06. The first-order valence-corrected chi connectivity index (χ1v) is 8.86. The van der Waals surface area contributed by atoms with Gasteiger partial charge in [0.15, 0.2) is 11.5 Å². The summed E-state index contributed by atoms with van der Waals surface area (Å²) in [5.41, 5.74) is 0.697. The number of hydrazone groups is 1. The Morgan fingerprint density at radius 2 is 1.76 bits per heavy atom. The Morgan fingerprint density at radius 1 is 1.12 bits per heavy atom. The number of halogens is 1. The van der Waals surface area contributed by atoms with E-state index >= 15 is 0 Å². The molecular formula is C18H17BrN2O4. The van der Waals surface area contributed by atoms with E-state index in [2.05, 4.69) is 33.2 Å². The molecule has 0 aromatic heterocycles. The summed E-state index contributed by atoms with van der Waals surface area (Å²) in [6.45, 7) is 0. The minimum Gasteiger partial charge on any atom is -0.493 e. The van der Waals surface area contributed by atoms with Gasteiger partial charge in [0.05, 0.1) is 36.7 Å². The van der Waals surface area contributed by atoms with Crippen molar-refractivity contribution in [3.63, 3.8) is 0 Å². The molecule has 1 saturated heterocycles. The van der Waals surface area contributed by atoms with Crippen LogP contribution < -0.4 is 9.47 Å². The fourth-order valence-corrected chi connectivity index (χ4v) is 4.76. The molecule has 4 rings (SSSR count). The van der Waals surface area contributed by atoms with Crippen LogP contribution in [0.4, 0.5) is 0 Å². The normalized spacial score (nSPS) is 29.8. The molecular weight excluding hydrogens is 388 g/mol. The summed E-state index contributed by atoms with van der Waals surface area (Å²) in [4.78, 5) is 25.2. The number of amides is 2. The van der Waals surface area contributed by atoms with Gasteiger partial charge < -0.3 is 9.47 Å². The number of imide groups is 1. The first-order chi connectivity index (χ1) is 12.0. The number of rotatable bonds is 4. The van der Waals surface area contributed by atoms with Gasteiger partial charge in [-0.3, -0.25) is 9.59 Å². The second-order valence-electron chi connectivity index (χ2n) is 6.47. The van der Waals surface area contributed by atoms with E-state index in [0.717, 1.165) is 11.4 Å². The van der Waals surface area contributed by atoms with Crippen LogP contribution in [0.15, 0.2) is 33.9 Å². The average Bonchev–Trinajstić information content (AvgIpc) is 3.27. The second-order valence-corrected chi connectivity index (χ2v) is 7.33. The van der Waals surface area contributed by atoms with Gasteiger partial charge in [0.2, 0.25) is 0 Å². The van der Waals surface area contributed by atoms with Crippen molar-refractivity contribution in [3.05, 3.63) is 34.3 Å². The zero-order chi connectivity index (χ0) is 17.7. The number of hydrogen-bond donors (Lipinski definition) is 0. The van der Waals surface area contributed by atoms with Crippen LogP contribution in [0.5, 0.6) is 11.5 Å². The number of hydrogen-bond acceptors (Lipinski definition) is 5. The molecule has 1 heterocycles. The molecule has 2 fully saturated rings. The lowest BCUT2D eigenvalue weighted by Gasteiger charge is -2.13. The van der Waals surface area contributed by atoms with Crippen LogP contribution in [-0.2, 0) is 9.59 Å². The van der Waals surface area contributed by atoms with E-state index in [0.29, 0.717) is 21.5 Å². The van der Waals surface area contributed by atoms with Gasteiger partial charge in [0.1, 0.15) is 0 Å². The molecule has 130 valence electrons. The molecule has 1 saturated carbocycles. The first kappa shape index (κ1) is 16.3. The number of carbonyl (C=O) groups is 2. The van der Waals surface area contributed by atoms with Crippen molar-refractivity contribution >= 4 is 34.0 Å². The molecule has 6 nitrogen and oxygen atoms in total. The molecule has 25 heavy (non-hydrogen) atoms. The monoisotopic (exact) mass is 404 g/mol. The lowest BCUT2D eigenvalue weighted by atomic mass is 9.85. The van der Waals surface area contributed by atoms with E-state index in [1.807, 2.05) is 0 Å². The Hall–Kier alpha value is -2.15. The van der Waals surface area contributed by atoms with Crippen molar-refractivity contribution in [2.24, 2.45) is 28.8 Å². The number of fused-ring (bicyclic) bond motifs is 5. The predicted molar refractivity (Wildman–Crippen MR) is 94.4 cm³/mol. The summed E-state index contributed by atoms with van der Waals surface area (Å²) in [5, 5.41) is 5.20. The Balaban J connectivity index is 1.60. The van der Waals surface area contributed by atoms with Gasteiger partial charge in [-0.15, -0.1) is 0 Å². The second kappa shape index (κ2) is 5.98. The molecule has 0 unspecified atom stereocenters. The van der Waals surface area contributed by atoms with Crippen molar-refractivity contribution in [2.75, 3.05) is 14.2 Å². The Kier molecular flexibility index (Phi) is 3.91. The summed E-state index contributed by atoms with van der Waals surface area (Å²) < 4.78 is 11.3. The van der Waals surface area contributed by atoms with Crippen LogP contribution >= 0.6 is 15.9 Å². The molecule has 1 aromatic rings. The molecule has 0 spiro atoms. The van der Waals surface area contributed by atoms with Crippen LogP contribution in [0.25, 0.3) is 0 Å². The third kappa shape index (κ3) is 2.40. The van der Waals surface area contributed by atoms with Crippen molar-refractivity contribution in [1.29, 1.82) is 0 Å². The molecule has 3 aliphatic rings. The Bertz CT molecular complexity index is 790. The van der Waals surface area contributed by atoms with Crippen molar-refractivity contribution < 1.29 is 19.1 Å². The van der Waals surface area contributed by atoms with Gasteiger partial charge in [-0.25, -0.2) is 0 Å². The van der Waals surface area contributed by atoms with Crippen LogP contribution in [-0.4, -0.2) is 37.3 Å². The highest BCUT2D eigenvalue weighted by Gasteiger charge is 2.59. The van der Waals surface area contributed by atoms with Gasteiger partial charge in [-0.05, 0) is 51.9 Å². The maximum absolute atomic E-state index is 12.6. The summed E-state index contributed by atoms with van der Waals surface area (Å²) in [6.07, 6.45) is 6.54. The Morgan fingerprint density at radius 3 is 2.32 bits per heavy atom. The van der Waals surface area contributed by atoms with E-state index in [-0.39, 0.29) is 35.5 Å². The lowest BCUT2D eigenvalue weighted by Crippen LogP contribution is -2.28. The number of nitrogens with zero attached hydrogens (tertiary/aromatic N) is 2. The number of carbonyl (C=O) groups excluding carboxylic acids is 2. The molecule has 1 aromatic carbocycles. The van der Waals surface area contributed by atoms with Crippen LogP contribution in [0.1, 0.15) is 12.0 Å². The molecule has 2 bridgehead atoms. The summed E-state index contributed by atoms with van der Waals surface area (Å²) in [7, 11) is 3.10. The number of methoxy groups -OCH3 is 2. The minimum atomic E-state index is -0.239. The Labute approximate surface area is 153 Å². The van der Waals surface area contributed by atoms with Crippen LogP contribution in [0.3, 0.4) is 0 Å². The fraction of sp³-hybridized carbons (Fsp3) is 0.389. The largest absolute Gasteiger partial charge is 0.493 e. The lowest BCUT2D eigenvalue weighted by molar-refractivity contribution is -0.140. The van der Waals surface area contributed by atoms with Gasteiger partial charge >= 0.3 is 0 Å². The van der Waals surface area contributed by atoms with E-state index < -0.39 is 0 Å². The maximum Gasteiger partial charge on any atom is 0.254 e. The summed E-state index contributed by atoms with van der Waals surface area (Å²) in [6, 6.07) is 3.53. The highest BCUT2D eigenvalue weighted by Crippen LogP contribution is 2.52. The van der Waals surface area contributed by atoms with Gasteiger partial charge in [0, 0.05) is 0 Å². The molecule has 4 atom stereocenters. The van der Waals surface area contributed by atoms with Gasteiger partial charge in [0.25, 0.3) is 11.8 Å². The quantitative estimate of drug-likeness (QED) is 0.439. The van der Waals surface area contributed by atoms with E-state index in [4.69, 9.17) is 9.47 Å². The van der Waals surface area contributed by atoms with E-state index in [1.165, 1.54) is 6.21 Å². The predicted octanol–water partition coefficient (Wildman–Crippen LogP) is 2.61. The summed E-state index contributed by atoms with van der Waals surface area (Å²) >= 11 is 3.42. The zero-order valence-corrected chi connectivity index (χ0v) is 15.4. The smallest absolute Gasteiger partial charge is 0.254 e. The number of ether oxygens (including phenoxy) is 2. The third-order valence-electron chi connectivity index (χ3n) is 5.23. The number of allylic oxidation sites excluding steroid dienone is 2. The van der Waals surface area contributed by atoms with Gasteiger partial charge in [-0.1, -0.05) is 12.2 Å². The highest BCUT2D eigenvalue weighted by atomic mass is 79.9. The molecule has 1 aliphatic heterocycles. The minimum absolute atomic E-state index is 0.182. The molecule has 2 aliphatic carbocycles.